The first-order valence-corrected chi connectivity index (χ1v) is 7.22. The standard InChI is InChI=1S/C14H19BrN2O/c1-11-6-8-17(9-7-11)14(18)16-10-12-4-2-3-5-13(12)15/h2-5,11H,6-10H2,1H3,(H,16,18). The van der Waals surface area contributed by atoms with E-state index in [-0.39, 0.29) is 6.03 Å². The van der Waals surface area contributed by atoms with Gasteiger partial charge in [-0.25, -0.2) is 4.79 Å². The Hall–Kier alpha value is -1.03. The average Bonchev–Trinajstić information content (AvgIpc) is 2.38. The number of halogens is 1. The fourth-order valence-corrected chi connectivity index (χ4v) is 2.56. The van der Waals surface area contributed by atoms with Crippen molar-refractivity contribution in [3.63, 3.8) is 0 Å². The molecule has 0 aromatic heterocycles. The molecule has 1 aliphatic heterocycles. The molecule has 0 atom stereocenters. The molecule has 3 nitrogen and oxygen atoms in total. The summed E-state index contributed by atoms with van der Waals surface area (Å²) >= 11 is 3.49. The highest BCUT2D eigenvalue weighted by molar-refractivity contribution is 9.10. The maximum atomic E-state index is 12.0. The Balaban J connectivity index is 1.83. The smallest absolute Gasteiger partial charge is 0.317 e. The first-order chi connectivity index (χ1) is 8.66. The molecule has 0 unspecified atom stereocenters. The predicted molar refractivity (Wildman–Crippen MR) is 76.3 cm³/mol. The fraction of sp³-hybridized carbons (Fsp3) is 0.500. The van der Waals surface area contributed by atoms with Crippen molar-refractivity contribution in [2.45, 2.75) is 26.3 Å². The Morgan fingerprint density at radius 3 is 2.72 bits per heavy atom. The van der Waals surface area contributed by atoms with Gasteiger partial charge in [0.25, 0.3) is 0 Å². The van der Waals surface area contributed by atoms with Gasteiger partial charge >= 0.3 is 6.03 Å². The van der Waals surface area contributed by atoms with Gasteiger partial charge in [0.2, 0.25) is 0 Å². The second-order valence-electron chi connectivity index (χ2n) is 4.92. The first-order valence-electron chi connectivity index (χ1n) is 6.43. The number of hydrogen-bond donors (Lipinski definition) is 1. The van der Waals surface area contributed by atoms with E-state index in [1.165, 1.54) is 0 Å². The molecular weight excluding hydrogens is 292 g/mol. The van der Waals surface area contributed by atoms with Gasteiger partial charge < -0.3 is 10.2 Å². The zero-order valence-electron chi connectivity index (χ0n) is 10.7. The number of rotatable bonds is 2. The number of piperidine rings is 1. The number of benzene rings is 1. The normalized spacial score (nSPS) is 16.7. The Bertz CT molecular complexity index is 414. The van der Waals surface area contributed by atoms with Crippen LogP contribution in [0.1, 0.15) is 25.3 Å². The van der Waals surface area contributed by atoms with Crippen molar-refractivity contribution < 1.29 is 4.79 Å². The van der Waals surface area contributed by atoms with Crippen molar-refractivity contribution in [3.8, 4) is 0 Å². The maximum absolute atomic E-state index is 12.0. The molecular formula is C14H19BrN2O. The summed E-state index contributed by atoms with van der Waals surface area (Å²) in [4.78, 5) is 13.9. The van der Waals surface area contributed by atoms with E-state index in [1.807, 2.05) is 29.2 Å². The minimum absolute atomic E-state index is 0.0534. The van der Waals surface area contributed by atoms with Crippen LogP contribution in [-0.4, -0.2) is 24.0 Å². The molecule has 1 fully saturated rings. The quantitative estimate of drug-likeness (QED) is 0.892. The van der Waals surface area contributed by atoms with Crippen LogP contribution in [0.4, 0.5) is 4.79 Å². The molecule has 0 aliphatic carbocycles. The lowest BCUT2D eigenvalue weighted by atomic mass is 10.00. The van der Waals surface area contributed by atoms with Gasteiger partial charge in [-0.15, -0.1) is 0 Å². The monoisotopic (exact) mass is 310 g/mol. The van der Waals surface area contributed by atoms with Crippen LogP contribution in [0, 0.1) is 5.92 Å². The van der Waals surface area contributed by atoms with Gasteiger partial charge in [-0.05, 0) is 30.4 Å². The van der Waals surface area contributed by atoms with Crippen LogP contribution in [0.2, 0.25) is 0 Å². The van der Waals surface area contributed by atoms with Crippen molar-refractivity contribution in [1.82, 2.24) is 10.2 Å². The molecule has 0 radical (unpaired) electrons. The van der Waals surface area contributed by atoms with E-state index in [0.717, 1.165) is 41.9 Å². The van der Waals surface area contributed by atoms with Crippen molar-refractivity contribution in [1.29, 1.82) is 0 Å². The van der Waals surface area contributed by atoms with Gasteiger partial charge in [-0.3, -0.25) is 0 Å². The number of nitrogens with zero attached hydrogens (tertiary/aromatic N) is 1. The summed E-state index contributed by atoms with van der Waals surface area (Å²) in [6, 6.07) is 8.01. The molecule has 98 valence electrons. The van der Waals surface area contributed by atoms with E-state index in [2.05, 4.69) is 28.2 Å². The molecule has 0 bridgehead atoms. The highest BCUT2D eigenvalue weighted by atomic mass is 79.9. The minimum atomic E-state index is 0.0534. The molecule has 4 heteroatoms. The van der Waals surface area contributed by atoms with Crippen molar-refractivity contribution in [2.24, 2.45) is 5.92 Å². The summed E-state index contributed by atoms with van der Waals surface area (Å²) in [5, 5.41) is 2.98. The Labute approximate surface area is 117 Å². The molecule has 0 spiro atoms. The molecule has 1 aliphatic rings. The van der Waals surface area contributed by atoms with Crippen LogP contribution in [-0.2, 0) is 6.54 Å². The SMILES string of the molecule is CC1CCN(C(=O)NCc2ccccc2Br)CC1. The van der Waals surface area contributed by atoms with Gasteiger partial charge in [-0.2, -0.15) is 0 Å². The highest BCUT2D eigenvalue weighted by Crippen LogP contribution is 2.17. The third-order valence-electron chi connectivity index (χ3n) is 3.46. The Morgan fingerprint density at radius 2 is 2.06 bits per heavy atom. The first kappa shape index (κ1) is 13.4. The van der Waals surface area contributed by atoms with Crippen LogP contribution in [0.25, 0.3) is 0 Å². The molecule has 2 amide bonds. The van der Waals surface area contributed by atoms with Crippen LogP contribution in [0.15, 0.2) is 28.7 Å². The summed E-state index contributed by atoms with van der Waals surface area (Å²) in [6.45, 7) is 4.58. The van der Waals surface area contributed by atoms with Crippen LogP contribution >= 0.6 is 15.9 Å². The van der Waals surface area contributed by atoms with Crippen LogP contribution in [0.5, 0.6) is 0 Å². The molecule has 1 saturated heterocycles. The maximum Gasteiger partial charge on any atom is 0.317 e. The molecule has 1 aromatic rings. The third-order valence-corrected chi connectivity index (χ3v) is 4.23. The number of carbonyl (C=O) groups is 1. The topological polar surface area (TPSA) is 32.3 Å². The number of carbonyl (C=O) groups excluding carboxylic acids is 1. The summed E-state index contributed by atoms with van der Waals surface area (Å²) in [6.07, 6.45) is 2.23. The minimum Gasteiger partial charge on any atom is -0.334 e. The Kier molecular flexibility index (Phi) is 4.64. The number of nitrogens with one attached hydrogen (secondary N) is 1. The van der Waals surface area contributed by atoms with E-state index >= 15 is 0 Å². The van der Waals surface area contributed by atoms with E-state index in [9.17, 15) is 4.79 Å². The second kappa shape index (κ2) is 6.23. The van der Waals surface area contributed by atoms with Gasteiger partial charge in [0.1, 0.15) is 0 Å². The lowest BCUT2D eigenvalue weighted by Crippen LogP contribution is -2.43. The third kappa shape index (κ3) is 3.48. The summed E-state index contributed by atoms with van der Waals surface area (Å²) in [7, 11) is 0. The molecule has 2 rings (SSSR count). The highest BCUT2D eigenvalue weighted by Gasteiger charge is 2.19. The van der Waals surface area contributed by atoms with Crippen molar-refractivity contribution in [3.05, 3.63) is 34.3 Å². The second-order valence-corrected chi connectivity index (χ2v) is 5.77. The average molecular weight is 311 g/mol. The summed E-state index contributed by atoms with van der Waals surface area (Å²) in [5.41, 5.74) is 1.11. The summed E-state index contributed by atoms with van der Waals surface area (Å²) < 4.78 is 1.04. The van der Waals surface area contributed by atoms with Gasteiger partial charge in [-0.1, -0.05) is 41.1 Å². The lowest BCUT2D eigenvalue weighted by molar-refractivity contribution is 0.173. The van der Waals surface area contributed by atoms with Gasteiger partial charge in [0, 0.05) is 24.1 Å². The number of hydrogen-bond acceptors (Lipinski definition) is 1. The molecule has 18 heavy (non-hydrogen) atoms. The number of amides is 2. The van der Waals surface area contributed by atoms with E-state index in [1.54, 1.807) is 0 Å². The van der Waals surface area contributed by atoms with Crippen LogP contribution < -0.4 is 5.32 Å². The van der Waals surface area contributed by atoms with Crippen molar-refractivity contribution in [2.75, 3.05) is 13.1 Å². The van der Waals surface area contributed by atoms with E-state index in [0.29, 0.717) is 6.54 Å². The fourth-order valence-electron chi connectivity index (χ4n) is 2.14. The van der Waals surface area contributed by atoms with E-state index in [4.69, 9.17) is 0 Å². The zero-order valence-corrected chi connectivity index (χ0v) is 12.2. The largest absolute Gasteiger partial charge is 0.334 e. The van der Waals surface area contributed by atoms with Gasteiger partial charge in [0.15, 0.2) is 0 Å². The number of likely N-dealkylation sites (tertiary alicyclic amines) is 1. The predicted octanol–water partition coefficient (Wildman–Crippen LogP) is 3.39. The zero-order chi connectivity index (χ0) is 13.0. The van der Waals surface area contributed by atoms with Crippen LogP contribution in [0.3, 0.4) is 0 Å². The molecule has 1 aromatic carbocycles. The molecule has 1 N–H and O–H groups in total. The van der Waals surface area contributed by atoms with Crippen molar-refractivity contribution >= 4 is 22.0 Å². The van der Waals surface area contributed by atoms with Gasteiger partial charge in [0.05, 0.1) is 0 Å². The lowest BCUT2D eigenvalue weighted by Gasteiger charge is -2.30. The molecule has 1 heterocycles. The summed E-state index contributed by atoms with van der Waals surface area (Å²) in [5.74, 6) is 0.748. The Morgan fingerprint density at radius 1 is 1.39 bits per heavy atom. The number of urea groups is 1. The molecule has 0 saturated carbocycles. The van der Waals surface area contributed by atoms with E-state index < -0.39 is 0 Å².